The van der Waals surface area contributed by atoms with E-state index in [0.717, 1.165) is 49.2 Å². The molecule has 0 unspecified atom stereocenters. The standard InChI is InChI=1S/C37H38N2O3/c1-27-14-16-28(17-15-27)24-39-25-33(31-12-6-7-13-34(31)39)32(23-37(40)38-20-8-9-21-38)30-18-19-35(41-2)36(22-30)42-26-29-10-4-3-5-11-29/h3-7,10-19,22,25,32H,8-9,20-21,23-24,26H2,1-2H3/t32-/m1/s1. The van der Waals surface area contributed by atoms with Gasteiger partial charge >= 0.3 is 0 Å². The summed E-state index contributed by atoms with van der Waals surface area (Å²) >= 11 is 0. The van der Waals surface area contributed by atoms with E-state index in [4.69, 9.17) is 9.47 Å². The first-order valence-corrected chi connectivity index (χ1v) is 14.8. The second kappa shape index (κ2) is 12.6. The molecule has 1 aliphatic rings. The summed E-state index contributed by atoms with van der Waals surface area (Å²) in [7, 11) is 1.66. The first-order chi connectivity index (χ1) is 20.6. The van der Waals surface area contributed by atoms with Crippen LogP contribution >= 0.6 is 0 Å². The fourth-order valence-corrected chi connectivity index (χ4v) is 6.01. The molecule has 0 bridgehead atoms. The largest absolute Gasteiger partial charge is 0.493 e. The van der Waals surface area contributed by atoms with Crippen LogP contribution in [-0.2, 0) is 17.9 Å². The van der Waals surface area contributed by atoms with Crippen LogP contribution in [0.5, 0.6) is 11.5 Å². The van der Waals surface area contributed by atoms with Crippen molar-refractivity contribution in [1.29, 1.82) is 0 Å². The molecule has 5 aromatic rings. The third kappa shape index (κ3) is 6.06. The summed E-state index contributed by atoms with van der Waals surface area (Å²) in [5.41, 5.74) is 6.96. The monoisotopic (exact) mass is 558 g/mol. The van der Waals surface area contributed by atoms with Gasteiger partial charge in [0.1, 0.15) is 6.61 Å². The van der Waals surface area contributed by atoms with Crippen LogP contribution in [0.4, 0.5) is 0 Å². The summed E-state index contributed by atoms with van der Waals surface area (Å²) in [4.78, 5) is 15.7. The Bertz CT molecular complexity index is 1650. The van der Waals surface area contributed by atoms with Crippen LogP contribution in [0.3, 0.4) is 0 Å². The smallest absolute Gasteiger partial charge is 0.223 e. The van der Waals surface area contributed by atoms with Gasteiger partial charge in [-0.15, -0.1) is 0 Å². The Morgan fingerprint density at radius 1 is 0.833 bits per heavy atom. The molecular weight excluding hydrogens is 520 g/mol. The molecule has 0 radical (unpaired) electrons. The van der Waals surface area contributed by atoms with Gasteiger partial charge in [-0.25, -0.2) is 0 Å². The highest BCUT2D eigenvalue weighted by molar-refractivity contribution is 5.87. The number of aromatic nitrogens is 1. The van der Waals surface area contributed by atoms with Crippen LogP contribution in [0.1, 0.15) is 53.0 Å². The fourth-order valence-electron chi connectivity index (χ4n) is 6.01. The number of carbonyl (C=O) groups excluding carboxylic acids is 1. The van der Waals surface area contributed by atoms with Gasteiger partial charge in [-0.3, -0.25) is 4.79 Å². The summed E-state index contributed by atoms with van der Waals surface area (Å²) < 4.78 is 14.3. The molecule has 0 saturated carbocycles. The normalized spacial score (nSPS) is 13.8. The van der Waals surface area contributed by atoms with E-state index in [1.807, 2.05) is 29.2 Å². The van der Waals surface area contributed by atoms with Gasteiger partial charge in [0, 0.05) is 49.1 Å². The molecule has 214 valence electrons. The predicted molar refractivity (Wildman–Crippen MR) is 168 cm³/mol. The Balaban J connectivity index is 1.40. The van der Waals surface area contributed by atoms with E-state index < -0.39 is 0 Å². The minimum Gasteiger partial charge on any atom is -0.493 e. The summed E-state index contributed by atoms with van der Waals surface area (Å²) in [6.45, 7) is 5.00. The molecule has 1 fully saturated rings. The third-order valence-corrected chi connectivity index (χ3v) is 8.33. The lowest BCUT2D eigenvalue weighted by Gasteiger charge is -2.22. The Morgan fingerprint density at radius 3 is 2.33 bits per heavy atom. The van der Waals surface area contributed by atoms with Crippen LogP contribution < -0.4 is 9.47 Å². The number of likely N-dealkylation sites (tertiary alicyclic amines) is 1. The Kier molecular flexibility index (Phi) is 8.27. The molecule has 2 heterocycles. The first kappa shape index (κ1) is 27.6. The Hall–Kier alpha value is -4.51. The van der Waals surface area contributed by atoms with Gasteiger partial charge in [-0.05, 0) is 60.2 Å². The lowest BCUT2D eigenvalue weighted by molar-refractivity contribution is -0.130. The van der Waals surface area contributed by atoms with Crippen molar-refractivity contribution in [2.45, 2.75) is 45.3 Å². The van der Waals surface area contributed by atoms with E-state index in [-0.39, 0.29) is 11.8 Å². The zero-order chi connectivity index (χ0) is 28.9. The van der Waals surface area contributed by atoms with Gasteiger partial charge in [0.05, 0.1) is 7.11 Å². The topological polar surface area (TPSA) is 43.7 Å². The number of para-hydroxylation sites is 1. The molecule has 1 aliphatic heterocycles. The number of aryl methyl sites for hydroxylation is 1. The van der Waals surface area contributed by atoms with Crippen molar-refractivity contribution < 1.29 is 14.3 Å². The third-order valence-electron chi connectivity index (χ3n) is 8.33. The maximum absolute atomic E-state index is 13.7. The fraction of sp³-hybridized carbons (Fsp3) is 0.270. The zero-order valence-electron chi connectivity index (χ0n) is 24.5. The first-order valence-electron chi connectivity index (χ1n) is 14.8. The van der Waals surface area contributed by atoms with E-state index in [1.54, 1.807) is 7.11 Å². The molecule has 1 saturated heterocycles. The average molecular weight is 559 g/mol. The number of benzene rings is 4. The van der Waals surface area contributed by atoms with Crippen LogP contribution in [0.25, 0.3) is 10.9 Å². The predicted octanol–water partition coefficient (Wildman–Crippen LogP) is 7.73. The van der Waals surface area contributed by atoms with Gasteiger partial charge in [-0.1, -0.05) is 84.4 Å². The average Bonchev–Trinajstić information content (AvgIpc) is 3.70. The van der Waals surface area contributed by atoms with Crippen molar-refractivity contribution >= 4 is 16.8 Å². The van der Waals surface area contributed by atoms with Crippen molar-refractivity contribution in [2.75, 3.05) is 20.2 Å². The maximum atomic E-state index is 13.7. The minimum atomic E-state index is -0.132. The number of hydrogen-bond acceptors (Lipinski definition) is 3. The highest BCUT2D eigenvalue weighted by atomic mass is 16.5. The molecule has 4 aromatic carbocycles. The SMILES string of the molecule is COc1ccc([C@@H](CC(=O)N2CCCC2)c2cn(Cc3ccc(C)cc3)c3ccccc23)cc1OCc1ccccc1. The summed E-state index contributed by atoms with van der Waals surface area (Å²) in [6.07, 6.45) is 4.81. The van der Waals surface area contributed by atoms with E-state index in [1.165, 1.54) is 22.0 Å². The number of rotatable bonds is 10. The van der Waals surface area contributed by atoms with Crippen LogP contribution in [0, 0.1) is 6.92 Å². The van der Waals surface area contributed by atoms with E-state index in [9.17, 15) is 4.79 Å². The lowest BCUT2D eigenvalue weighted by Crippen LogP contribution is -2.29. The number of carbonyl (C=O) groups is 1. The number of hydrogen-bond donors (Lipinski definition) is 0. The highest BCUT2D eigenvalue weighted by Crippen LogP contribution is 2.39. The number of ether oxygens (including phenoxy) is 2. The second-order valence-corrected chi connectivity index (χ2v) is 11.2. The molecule has 1 amide bonds. The number of fused-ring (bicyclic) bond motifs is 1. The molecule has 0 N–H and O–H groups in total. The molecule has 1 aromatic heterocycles. The van der Waals surface area contributed by atoms with Gasteiger partial charge in [0.25, 0.3) is 0 Å². The summed E-state index contributed by atoms with van der Waals surface area (Å²) in [6, 6.07) is 33.5. The molecule has 5 nitrogen and oxygen atoms in total. The highest BCUT2D eigenvalue weighted by Gasteiger charge is 2.27. The van der Waals surface area contributed by atoms with Crippen LogP contribution in [-0.4, -0.2) is 35.6 Å². The van der Waals surface area contributed by atoms with Crippen molar-refractivity contribution in [2.24, 2.45) is 0 Å². The molecular formula is C37H38N2O3. The summed E-state index contributed by atoms with van der Waals surface area (Å²) in [5, 5.41) is 1.17. The zero-order valence-corrected chi connectivity index (χ0v) is 24.5. The maximum Gasteiger partial charge on any atom is 0.223 e. The Labute approximate surface area is 248 Å². The van der Waals surface area contributed by atoms with Crippen molar-refractivity contribution in [3.8, 4) is 11.5 Å². The van der Waals surface area contributed by atoms with Crippen LogP contribution in [0.15, 0.2) is 103 Å². The number of methoxy groups -OCH3 is 1. The van der Waals surface area contributed by atoms with E-state index in [2.05, 4.69) is 90.5 Å². The molecule has 5 heteroatoms. The van der Waals surface area contributed by atoms with Crippen molar-refractivity contribution in [1.82, 2.24) is 9.47 Å². The van der Waals surface area contributed by atoms with Gasteiger partial charge in [0.2, 0.25) is 5.91 Å². The molecule has 1 atom stereocenters. The quantitative estimate of drug-likeness (QED) is 0.176. The number of nitrogens with zero attached hydrogens (tertiary/aromatic N) is 2. The number of amides is 1. The lowest BCUT2D eigenvalue weighted by atomic mass is 9.87. The van der Waals surface area contributed by atoms with Crippen molar-refractivity contribution in [3.63, 3.8) is 0 Å². The van der Waals surface area contributed by atoms with E-state index in [0.29, 0.717) is 24.5 Å². The van der Waals surface area contributed by atoms with Crippen LogP contribution in [0.2, 0.25) is 0 Å². The molecule has 0 spiro atoms. The van der Waals surface area contributed by atoms with Crippen molar-refractivity contribution in [3.05, 3.63) is 131 Å². The molecule has 6 rings (SSSR count). The van der Waals surface area contributed by atoms with Gasteiger partial charge in [-0.2, -0.15) is 0 Å². The second-order valence-electron chi connectivity index (χ2n) is 11.2. The Morgan fingerprint density at radius 2 is 1.57 bits per heavy atom. The molecule has 0 aliphatic carbocycles. The van der Waals surface area contributed by atoms with E-state index >= 15 is 0 Å². The molecule has 42 heavy (non-hydrogen) atoms. The van der Waals surface area contributed by atoms with Gasteiger partial charge < -0.3 is 18.9 Å². The van der Waals surface area contributed by atoms with Gasteiger partial charge in [0.15, 0.2) is 11.5 Å². The minimum absolute atomic E-state index is 0.132. The summed E-state index contributed by atoms with van der Waals surface area (Å²) in [5.74, 6) is 1.43.